The van der Waals surface area contributed by atoms with Crippen molar-refractivity contribution in [1.82, 2.24) is 0 Å². The van der Waals surface area contributed by atoms with Gasteiger partial charge in [-0.25, -0.2) is 0 Å². The molecule has 4 heteroatoms. The Balaban J connectivity index is 1.84. The minimum Gasteiger partial charge on any atom is -0.377 e. The average molecular weight is 412 g/mol. The fourth-order valence-electron chi connectivity index (χ4n) is 5.70. The molecule has 0 bridgehead atoms. The maximum absolute atomic E-state index is 6.18. The largest absolute Gasteiger partial charge is 0.377 e. The van der Waals surface area contributed by atoms with Gasteiger partial charge < -0.3 is 14.4 Å². The van der Waals surface area contributed by atoms with Crippen LogP contribution in [0, 0.1) is 0 Å². The topological polar surface area (TPSA) is 21.7 Å². The van der Waals surface area contributed by atoms with Crippen molar-refractivity contribution in [3.05, 3.63) is 48.5 Å². The first kappa shape index (κ1) is 20.8. The van der Waals surface area contributed by atoms with Crippen LogP contribution in [0.2, 0.25) is 0 Å². The summed E-state index contributed by atoms with van der Waals surface area (Å²) >= 11 is 0. The number of nitrogens with zero attached hydrogens (tertiary/aromatic N) is 1. The summed E-state index contributed by atoms with van der Waals surface area (Å²) in [6.07, 6.45) is 1.91. The van der Waals surface area contributed by atoms with E-state index in [9.17, 15) is 0 Å². The molecule has 0 aromatic heterocycles. The lowest BCUT2D eigenvalue weighted by molar-refractivity contribution is -0.178. The molecule has 2 fully saturated rings. The zero-order valence-corrected chi connectivity index (χ0v) is 19.6. The maximum Gasteiger partial charge on any atom is 0.170 e. The number of para-hydroxylation sites is 1. The van der Waals surface area contributed by atoms with E-state index in [0.717, 1.165) is 26.1 Å². The molecule has 4 rings (SSSR count). The molecule has 0 radical (unpaired) electrons. The van der Waals surface area contributed by atoms with Gasteiger partial charge in [0, 0.05) is 38.2 Å². The number of anilines is 1. The van der Waals surface area contributed by atoms with Gasteiger partial charge in [0.15, 0.2) is 5.79 Å². The first-order valence-electron chi connectivity index (χ1n) is 10.6. The van der Waals surface area contributed by atoms with Gasteiger partial charge >= 0.3 is 0 Å². The van der Waals surface area contributed by atoms with E-state index < -0.39 is 13.7 Å². The van der Waals surface area contributed by atoms with E-state index >= 15 is 0 Å². The maximum atomic E-state index is 6.18. The molecule has 0 amide bonds. The molecule has 0 atom stereocenters. The van der Waals surface area contributed by atoms with Crippen molar-refractivity contribution < 1.29 is 9.47 Å². The van der Waals surface area contributed by atoms with Gasteiger partial charge in [-0.05, 0) is 27.2 Å². The van der Waals surface area contributed by atoms with Crippen molar-refractivity contribution in [2.75, 3.05) is 32.2 Å². The highest BCUT2D eigenvalue weighted by Gasteiger charge is 2.57. The van der Waals surface area contributed by atoms with E-state index in [-0.39, 0.29) is 10.3 Å². The van der Waals surface area contributed by atoms with Crippen LogP contribution in [0.3, 0.4) is 0 Å². The van der Waals surface area contributed by atoms with E-state index in [1.807, 2.05) is 0 Å². The third-order valence-electron chi connectivity index (χ3n) is 6.25. The molecule has 29 heavy (non-hydrogen) atoms. The summed E-state index contributed by atoms with van der Waals surface area (Å²) in [5.41, 5.74) is 3.95. The first-order chi connectivity index (χ1) is 13.7. The van der Waals surface area contributed by atoms with E-state index in [1.165, 1.54) is 22.1 Å². The van der Waals surface area contributed by atoms with Crippen LogP contribution in [0.1, 0.15) is 40.5 Å². The number of hydrogen-bond donors (Lipinski definition) is 0. The van der Waals surface area contributed by atoms with Crippen molar-refractivity contribution in [3.63, 3.8) is 0 Å². The SMILES string of the molecule is CN(C)c1ccccc1-c1ccccc1P1C(C)(C)CC2(CC1(C)C)OCCO2. The summed E-state index contributed by atoms with van der Waals surface area (Å²) in [5.74, 6) is -0.400. The number of hydrogen-bond acceptors (Lipinski definition) is 3. The molecule has 2 saturated heterocycles. The minimum absolute atomic E-state index is 0.116. The molecule has 0 unspecified atom stereocenters. The smallest absolute Gasteiger partial charge is 0.170 e. The van der Waals surface area contributed by atoms with Crippen LogP contribution in [0.5, 0.6) is 0 Å². The van der Waals surface area contributed by atoms with Crippen molar-refractivity contribution in [1.29, 1.82) is 0 Å². The summed E-state index contributed by atoms with van der Waals surface area (Å²) in [6.45, 7) is 11.1. The Kier molecular flexibility index (Phi) is 5.30. The van der Waals surface area contributed by atoms with Gasteiger partial charge in [0.1, 0.15) is 0 Å². The standard InChI is InChI=1S/C25H34NO2P/c1-23(2)17-25(27-15-16-28-25)18-24(3,4)29(23)22-14-10-8-12-20(22)19-11-7-9-13-21(19)26(5)6/h7-14H,15-18H2,1-6H3. The molecule has 0 saturated carbocycles. The van der Waals surface area contributed by atoms with Crippen LogP contribution in [-0.4, -0.2) is 43.4 Å². The van der Waals surface area contributed by atoms with Crippen LogP contribution in [0.4, 0.5) is 5.69 Å². The molecule has 1 spiro atoms. The second kappa shape index (κ2) is 7.38. The monoisotopic (exact) mass is 411 g/mol. The van der Waals surface area contributed by atoms with Crippen molar-refractivity contribution in [2.24, 2.45) is 0 Å². The van der Waals surface area contributed by atoms with Gasteiger partial charge in [-0.3, -0.25) is 0 Å². The van der Waals surface area contributed by atoms with Gasteiger partial charge in [0.05, 0.1) is 13.2 Å². The quantitative estimate of drug-likeness (QED) is 0.612. The zero-order chi connectivity index (χ0) is 20.9. The lowest BCUT2D eigenvalue weighted by Crippen LogP contribution is -2.52. The van der Waals surface area contributed by atoms with Gasteiger partial charge in [0.2, 0.25) is 0 Å². The second-order valence-corrected chi connectivity index (χ2v) is 13.4. The highest BCUT2D eigenvalue weighted by atomic mass is 31.1. The fourth-order valence-corrected chi connectivity index (χ4v) is 10.1. The highest BCUT2D eigenvalue weighted by molar-refractivity contribution is 7.69. The molecule has 2 heterocycles. The van der Waals surface area contributed by atoms with Gasteiger partial charge in [-0.1, -0.05) is 78.1 Å². The summed E-state index contributed by atoms with van der Waals surface area (Å²) < 4.78 is 12.4. The molecule has 2 aliphatic heterocycles. The van der Waals surface area contributed by atoms with E-state index in [1.54, 1.807) is 0 Å². The Bertz CT molecular complexity index is 864. The molecule has 3 nitrogen and oxygen atoms in total. The van der Waals surface area contributed by atoms with E-state index in [4.69, 9.17) is 9.47 Å². The lowest BCUT2D eigenvalue weighted by atomic mass is 9.91. The first-order valence-corrected chi connectivity index (χ1v) is 11.9. The lowest BCUT2D eigenvalue weighted by Gasteiger charge is -2.55. The number of benzene rings is 2. The summed E-state index contributed by atoms with van der Waals surface area (Å²) in [6, 6.07) is 17.8. The molecule has 0 aliphatic carbocycles. The minimum atomic E-state index is -0.450. The van der Waals surface area contributed by atoms with Crippen molar-refractivity contribution >= 4 is 18.9 Å². The third kappa shape index (κ3) is 3.74. The Hall–Kier alpha value is -1.41. The van der Waals surface area contributed by atoms with Gasteiger partial charge in [0.25, 0.3) is 0 Å². The van der Waals surface area contributed by atoms with Crippen LogP contribution in [-0.2, 0) is 9.47 Å². The molecular weight excluding hydrogens is 377 g/mol. The Morgan fingerprint density at radius 3 is 1.86 bits per heavy atom. The van der Waals surface area contributed by atoms with Crippen LogP contribution >= 0.6 is 7.92 Å². The molecule has 2 aromatic carbocycles. The van der Waals surface area contributed by atoms with Crippen LogP contribution in [0.15, 0.2) is 48.5 Å². The molecule has 2 aromatic rings. The molecule has 2 aliphatic rings. The Morgan fingerprint density at radius 2 is 1.28 bits per heavy atom. The molecule has 0 N–H and O–H groups in total. The normalized spacial score (nSPS) is 22.7. The second-order valence-electron chi connectivity index (χ2n) is 9.85. The fraction of sp³-hybridized carbons (Fsp3) is 0.520. The van der Waals surface area contributed by atoms with Crippen LogP contribution in [0.25, 0.3) is 11.1 Å². The molecule has 156 valence electrons. The number of rotatable bonds is 3. The highest BCUT2D eigenvalue weighted by Crippen LogP contribution is 2.68. The number of ether oxygens (including phenoxy) is 2. The van der Waals surface area contributed by atoms with Gasteiger partial charge in [-0.2, -0.15) is 0 Å². The van der Waals surface area contributed by atoms with Crippen LogP contribution < -0.4 is 10.2 Å². The van der Waals surface area contributed by atoms with E-state index in [0.29, 0.717) is 0 Å². The summed E-state index contributed by atoms with van der Waals surface area (Å²) in [5, 5.41) is 1.73. The zero-order valence-electron chi connectivity index (χ0n) is 18.7. The van der Waals surface area contributed by atoms with Gasteiger partial charge in [-0.15, -0.1) is 0 Å². The summed E-state index contributed by atoms with van der Waals surface area (Å²) in [7, 11) is 3.80. The predicted molar refractivity (Wildman–Crippen MR) is 125 cm³/mol. The average Bonchev–Trinajstić information content (AvgIpc) is 3.06. The van der Waals surface area contributed by atoms with Crippen molar-refractivity contribution in [3.8, 4) is 11.1 Å². The van der Waals surface area contributed by atoms with E-state index in [2.05, 4.69) is 95.2 Å². The Morgan fingerprint density at radius 1 is 0.759 bits per heavy atom. The van der Waals surface area contributed by atoms with Crippen molar-refractivity contribution in [2.45, 2.75) is 56.6 Å². The Labute approximate surface area is 177 Å². The third-order valence-corrected chi connectivity index (χ3v) is 9.86. The molecular formula is C25H34NO2P. The predicted octanol–water partition coefficient (Wildman–Crippen LogP) is 5.62. The summed E-state index contributed by atoms with van der Waals surface area (Å²) in [4.78, 5) is 2.21.